The lowest BCUT2D eigenvalue weighted by molar-refractivity contribution is -0.129. The van der Waals surface area contributed by atoms with Crippen LogP contribution in [0.3, 0.4) is 0 Å². The molecule has 3 aromatic carbocycles. The summed E-state index contributed by atoms with van der Waals surface area (Å²) in [5.74, 6) is -1.15. The summed E-state index contributed by atoms with van der Waals surface area (Å²) in [5.41, 5.74) is 0.776. The van der Waals surface area contributed by atoms with Gasteiger partial charge in [0, 0.05) is 10.6 Å². The van der Waals surface area contributed by atoms with Crippen molar-refractivity contribution in [3.05, 3.63) is 94.4 Å². The molecule has 0 aromatic heterocycles. The first-order valence-electron chi connectivity index (χ1n) is 9.42. The van der Waals surface area contributed by atoms with Gasteiger partial charge in [-0.1, -0.05) is 23.7 Å². The second kappa shape index (κ2) is 9.05. The highest BCUT2D eigenvalue weighted by Gasteiger charge is 2.25. The molecule has 4 rings (SSSR count). The fraction of sp³-hybridized carbons (Fsp3) is 0.0435. The van der Waals surface area contributed by atoms with Crippen LogP contribution in [0.2, 0.25) is 5.02 Å². The standard InChI is InChI=1S/C23H15ClFNO6S/c1-30-21-12-14(5-10-20(21)32-33(28,29)18-8-6-16(24)7-9-18)11-19-23(27)31-22(26-19)15-3-2-4-17(25)13-15/h2-13H,1H3/b19-11-. The van der Waals surface area contributed by atoms with Gasteiger partial charge >= 0.3 is 16.1 Å². The van der Waals surface area contributed by atoms with Gasteiger partial charge in [0.1, 0.15) is 10.7 Å². The Balaban J connectivity index is 1.61. The zero-order valence-corrected chi connectivity index (χ0v) is 18.6. The van der Waals surface area contributed by atoms with Crippen molar-refractivity contribution in [3.8, 4) is 11.5 Å². The third-order valence-electron chi connectivity index (χ3n) is 4.48. The average Bonchev–Trinajstić information content (AvgIpc) is 3.15. The van der Waals surface area contributed by atoms with E-state index in [1.807, 2.05) is 0 Å². The van der Waals surface area contributed by atoms with Crippen molar-refractivity contribution in [2.24, 2.45) is 4.99 Å². The maximum atomic E-state index is 13.4. The SMILES string of the molecule is COc1cc(/C=C2\N=C(c3cccc(F)c3)OC2=O)ccc1OS(=O)(=O)c1ccc(Cl)cc1. The first kappa shape index (κ1) is 22.5. The smallest absolute Gasteiger partial charge is 0.363 e. The number of hydrogen-bond acceptors (Lipinski definition) is 7. The Morgan fingerprint density at radius 2 is 1.79 bits per heavy atom. The quantitative estimate of drug-likeness (QED) is 0.287. The number of methoxy groups -OCH3 is 1. The minimum atomic E-state index is -4.13. The minimum Gasteiger partial charge on any atom is -0.493 e. The molecule has 10 heteroatoms. The van der Waals surface area contributed by atoms with Crippen LogP contribution in [0, 0.1) is 5.82 Å². The molecule has 0 N–H and O–H groups in total. The zero-order chi connectivity index (χ0) is 23.6. The Morgan fingerprint density at radius 3 is 2.48 bits per heavy atom. The van der Waals surface area contributed by atoms with Crippen LogP contribution in [-0.2, 0) is 19.6 Å². The van der Waals surface area contributed by atoms with E-state index in [9.17, 15) is 17.6 Å². The summed E-state index contributed by atoms with van der Waals surface area (Å²) in [4.78, 5) is 16.2. The van der Waals surface area contributed by atoms with Gasteiger partial charge in [-0.05, 0) is 66.2 Å². The molecule has 0 atom stereocenters. The Labute approximate surface area is 193 Å². The van der Waals surface area contributed by atoms with E-state index in [0.29, 0.717) is 16.1 Å². The van der Waals surface area contributed by atoms with Crippen LogP contribution in [0.15, 0.2) is 82.3 Å². The van der Waals surface area contributed by atoms with Crippen LogP contribution in [0.25, 0.3) is 6.08 Å². The van der Waals surface area contributed by atoms with Gasteiger partial charge in [0.15, 0.2) is 17.2 Å². The number of cyclic esters (lactones) is 1. The van der Waals surface area contributed by atoms with E-state index in [-0.39, 0.29) is 28.0 Å². The van der Waals surface area contributed by atoms with Gasteiger partial charge in [-0.3, -0.25) is 0 Å². The van der Waals surface area contributed by atoms with Crippen LogP contribution in [0.4, 0.5) is 4.39 Å². The Bertz CT molecular complexity index is 1400. The number of carbonyl (C=O) groups excluding carboxylic acids is 1. The molecular formula is C23H15ClFNO6S. The second-order valence-electron chi connectivity index (χ2n) is 6.75. The molecule has 3 aromatic rings. The summed E-state index contributed by atoms with van der Waals surface area (Å²) in [6, 6.07) is 15.4. The lowest BCUT2D eigenvalue weighted by Gasteiger charge is -2.11. The average molecular weight is 488 g/mol. The molecule has 1 aliphatic rings. The third-order valence-corrected chi connectivity index (χ3v) is 5.99. The van der Waals surface area contributed by atoms with Crippen molar-refractivity contribution in [1.82, 2.24) is 0 Å². The maximum absolute atomic E-state index is 13.4. The van der Waals surface area contributed by atoms with Gasteiger partial charge in [-0.15, -0.1) is 0 Å². The van der Waals surface area contributed by atoms with Crippen molar-refractivity contribution >= 4 is 39.7 Å². The van der Waals surface area contributed by atoms with Crippen molar-refractivity contribution in [2.75, 3.05) is 7.11 Å². The molecule has 0 saturated heterocycles. The topological polar surface area (TPSA) is 91.3 Å². The van der Waals surface area contributed by atoms with Crippen molar-refractivity contribution < 1.29 is 31.3 Å². The van der Waals surface area contributed by atoms with Crippen LogP contribution in [-0.4, -0.2) is 27.4 Å². The molecule has 0 fully saturated rings. The number of carbonyl (C=O) groups is 1. The van der Waals surface area contributed by atoms with Crippen LogP contribution in [0.1, 0.15) is 11.1 Å². The minimum absolute atomic E-state index is 0.0150. The first-order chi connectivity index (χ1) is 15.7. The molecule has 0 aliphatic carbocycles. The molecular weight excluding hydrogens is 473 g/mol. The monoisotopic (exact) mass is 487 g/mol. The molecule has 0 radical (unpaired) electrons. The predicted molar refractivity (Wildman–Crippen MR) is 119 cm³/mol. The number of halogens is 2. The number of aliphatic imine (C=N–C) groups is 1. The molecule has 0 spiro atoms. The maximum Gasteiger partial charge on any atom is 0.363 e. The van der Waals surface area contributed by atoms with Crippen molar-refractivity contribution in [3.63, 3.8) is 0 Å². The largest absolute Gasteiger partial charge is 0.493 e. The van der Waals surface area contributed by atoms with E-state index in [4.69, 9.17) is 25.3 Å². The summed E-state index contributed by atoms with van der Waals surface area (Å²) in [5, 5.41) is 0.387. The first-order valence-corrected chi connectivity index (χ1v) is 11.2. The highest BCUT2D eigenvalue weighted by atomic mass is 35.5. The van der Waals surface area contributed by atoms with Gasteiger partial charge in [0.05, 0.1) is 7.11 Å². The Kier molecular flexibility index (Phi) is 6.17. The van der Waals surface area contributed by atoms with Gasteiger partial charge < -0.3 is 13.7 Å². The van der Waals surface area contributed by atoms with Crippen LogP contribution in [0.5, 0.6) is 11.5 Å². The fourth-order valence-corrected chi connectivity index (χ4v) is 3.99. The predicted octanol–water partition coefficient (Wildman–Crippen LogP) is 4.60. The zero-order valence-electron chi connectivity index (χ0n) is 17.0. The number of hydrogen-bond donors (Lipinski definition) is 0. The van der Waals surface area contributed by atoms with E-state index in [1.54, 1.807) is 6.07 Å². The molecule has 0 amide bonds. The van der Waals surface area contributed by atoms with Gasteiger partial charge in [-0.25, -0.2) is 14.2 Å². The highest BCUT2D eigenvalue weighted by molar-refractivity contribution is 7.87. The van der Waals surface area contributed by atoms with Gasteiger partial charge in [0.2, 0.25) is 5.90 Å². The number of nitrogens with zero attached hydrogens (tertiary/aromatic N) is 1. The number of esters is 1. The van der Waals surface area contributed by atoms with Crippen molar-refractivity contribution in [2.45, 2.75) is 4.90 Å². The third kappa shape index (κ3) is 5.05. The lowest BCUT2D eigenvalue weighted by Crippen LogP contribution is -2.10. The molecule has 1 heterocycles. The normalized spacial score (nSPS) is 14.7. The van der Waals surface area contributed by atoms with Crippen LogP contribution < -0.4 is 8.92 Å². The van der Waals surface area contributed by atoms with E-state index in [2.05, 4.69) is 4.99 Å². The summed E-state index contributed by atoms with van der Waals surface area (Å²) in [7, 11) is -2.78. The van der Waals surface area contributed by atoms with Gasteiger partial charge in [-0.2, -0.15) is 8.42 Å². The molecule has 1 aliphatic heterocycles. The molecule has 168 valence electrons. The van der Waals surface area contributed by atoms with E-state index < -0.39 is 21.9 Å². The van der Waals surface area contributed by atoms with E-state index >= 15 is 0 Å². The number of benzene rings is 3. The van der Waals surface area contributed by atoms with Crippen molar-refractivity contribution in [1.29, 1.82) is 0 Å². The highest BCUT2D eigenvalue weighted by Crippen LogP contribution is 2.32. The summed E-state index contributed by atoms with van der Waals surface area (Å²) >= 11 is 5.80. The summed E-state index contributed by atoms with van der Waals surface area (Å²) < 4.78 is 54.1. The molecule has 0 bridgehead atoms. The molecule has 0 unspecified atom stereocenters. The number of rotatable bonds is 6. The Hall–Kier alpha value is -3.69. The lowest BCUT2D eigenvalue weighted by atomic mass is 10.1. The fourth-order valence-electron chi connectivity index (χ4n) is 2.92. The Morgan fingerprint density at radius 1 is 1.03 bits per heavy atom. The van der Waals surface area contributed by atoms with Gasteiger partial charge in [0.25, 0.3) is 0 Å². The summed E-state index contributed by atoms with van der Waals surface area (Å²) in [6.07, 6.45) is 1.43. The van der Waals surface area contributed by atoms with Crippen LogP contribution >= 0.6 is 11.6 Å². The summed E-state index contributed by atoms with van der Waals surface area (Å²) in [6.45, 7) is 0. The second-order valence-corrected chi connectivity index (χ2v) is 8.73. The van der Waals surface area contributed by atoms with E-state index in [0.717, 1.165) is 0 Å². The van der Waals surface area contributed by atoms with E-state index in [1.165, 1.54) is 73.8 Å². The molecule has 7 nitrogen and oxygen atoms in total. The molecule has 0 saturated carbocycles. The molecule has 33 heavy (non-hydrogen) atoms. The number of ether oxygens (including phenoxy) is 2.